The number of rotatable bonds is 8. The van der Waals surface area contributed by atoms with Gasteiger partial charge in [0.2, 0.25) is 0 Å². The summed E-state index contributed by atoms with van der Waals surface area (Å²) < 4.78 is 35.2. The average Bonchev–Trinajstić information content (AvgIpc) is 2.73. The van der Waals surface area contributed by atoms with Crippen LogP contribution in [0.1, 0.15) is 10.4 Å². The number of benzene rings is 2. The highest BCUT2D eigenvalue weighted by Crippen LogP contribution is 2.27. The minimum absolute atomic E-state index is 0.0920. The van der Waals surface area contributed by atoms with E-state index >= 15 is 0 Å². The van der Waals surface area contributed by atoms with Gasteiger partial charge in [-0.05, 0) is 42.5 Å². The molecule has 0 aliphatic rings. The molecule has 0 radical (unpaired) electrons. The van der Waals surface area contributed by atoms with Crippen LogP contribution in [-0.2, 0) is 10.1 Å². The molecular weight excluding hydrogens is 414 g/mol. The molecule has 2 N–H and O–H groups in total. The van der Waals surface area contributed by atoms with Crippen molar-refractivity contribution in [3.05, 3.63) is 82.7 Å². The van der Waals surface area contributed by atoms with E-state index in [0.29, 0.717) is 5.75 Å². The Morgan fingerprint density at radius 2 is 1.83 bits per heavy atom. The Bertz CT molecular complexity index is 1180. The number of aromatic nitrogens is 1. The molecule has 0 unspecified atom stereocenters. The van der Waals surface area contributed by atoms with Crippen LogP contribution >= 0.6 is 0 Å². The molecule has 30 heavy (non-hydrogen) atoms. The van der Waals surface area contributed by atoms with Crippen molar-refractivity contribution < 1.29 is 27.1 Å². The largest absolute Gasteiger partial charge is 0.484 e. The van der Waals surface area contributed by atoms with Crippen molar-refractivity contribution in [1.29, 1.82) is 0 Å². The predicted molar refractivity (Wildman–Crippen MR) is 106 cm³/mol. The third-order valence-electron chi connectivity index (χ3n) is 3.86. The van der Waals surface area contributed by atoms with Gasteiger partial charge in [0.25, 0.3) is 5.69 Å². The number of nitro groups is 1. The van der Waals surface area contributed by atoms with Gasteiger partial charge in [-0.3, -0.25) is 19.9 Å². The maximum Gasteiger partial charge on any atom is 0.341 e. The summed E-state index contributed by atoms with van der Waals surface area (Å²) in [5, 5.41) is 10.9. The molecule has 0 saturated carbocycles. The quantitative estimate of drug-likeness (QED) is 0.187. The van der Waals surface area contributed by atoms with Gasteiger partial charge >= 0.3 is 10.1 Å². The van der Waals surface area contributed by atoms with Gasteiger partial charge in [-0.2, -0.15) is 8.42 Å². The SMILES string of the molecule is Nc1ccc([N+](=O)[O-])cc1S(=O)(=O)Oc1ccc(C(=O)COc2cccnc2)cc1. The van der Waals surface area contributed by atoms with Gasteiger partial charge in [0, 0.05) is 23.9 Å². The van der Waals surface area contributed by atoms with Crippen LogP contribution in [0.15, 0.2) is 71.9 Å². The van der Waals surface area contributed by atoms with Gasteiger partial charge in [0.15, 0.2) is 12.4 Å². The first-order chi connectivity index (χ1) is 14.3. The first kappa shape index (κ1) is 20.7. The number of pyridine rings is 1. The molecule has 11 heteroatoms. The number of nitrogens with zero attached hydrogens (tertiary/aromatic N) is 2. The van der Waals surface area contributed by atoms with E-state index < -0.39 is 25.6 Å². The summed E-state index contributed by atoms with van der Waals surface area (Å²) in [5.41, 5.74) is 5.27. The highest BCUT2D eigenvalue weighted by atomic mass is 32.2. The molecule has 0 spiro atoms. The van der Waals surface area contributed by atoms with E-state index in [4.69, 9.17) is 14.7 Å². The van der Waals surface area contributed by atoms with Crippen molar-refractivity contribution in [2.24, 2.45) is 0 Å². The van der Waals surface area contributed by atoms with Gasteiger partial charge in [0.05, 0.1) is 16.8 Å². The second-order valence-electron chi connectivity index (χ2n) is 5.94. The van der Waals surface area contributed by atoms with E-state index in [1.807, 2.05) is 0 Å². The Kier molecular flexibility index (Phi) is 5.93. The van der Waals surface area contributed by atoms with E-state index in [2.05, 4.69) is 4.98 Å². The topological polar surface area (TPSA) is 152 Å². The zero-order valence-electron chi connectivity index (χ0n) is 15.3. The summed E-state index contributed by atoms with van der Waals surface area (Å²) in [6.07, 6.45) is 3.04. The zero-order chi connectivity index (χ0) is 21.7. The Morgan fingerprint density at radius 3 is 2.47 bits per heavy atom. The van der Waals surface area contributed by atoms with Crippen LogP contribution in [0.3, 0.4) is 0 Å². The molecule has 0 aliphatic carbocycles. The fourth-order valence-electron chi connectivity index (χ4n) is 2.39. The monoisotopic (exact) mass is 429 g/mol. The number of hydrogen-bond acceptors (Lipinski definition) is 9. The molecule has 0 aliphatic heterocycles. The number of nitro benzene ring substituents is 1. The fourth-order valence-corrected chi connectivity index (χ4v) is 3.46. The molecule has 0 saturated heterocycles. The Morgan fingerprint density at radius 1 is 1.10 bits per heavy atom. The first-order valence-electron chi connectivity index (χ1n) is 8.41. The van der Waals surface area contributed by atoms with Gasteiger partial charge < -0.3 is 14.7 Å². The van der Waals surface area contributed by atoms with Gasteiger partial charge in [-0.1, -0.05) is 0 Å². The Balaban J connectivity index is 1.71. The average molecular weight is 429 g/mol. The van der Waals surface area contributed by atoms with Crippen LogP contribution in [0.2, 0.25) is 0 Å². The van der Waals surface area contributed by atoms with Crippen LogP contribution in [0.25, 0.3) is 0 Å². The molecule has 0 fully saturated rings. The normalized spacial score (nSPS) is 10.9. The standard InChI is InChI=1S/C19H15N3O7S/c20-17-8-5-14(22(24)25)10-19(17)30(26,27)29-15-6-3-13(4-7-15)18(23)12-28-16-2-1-9-21-11-16/h1-11H,12,20H2. The number of anilines is 1. The molecule has 2 aromatic carbocycles. The number of ether oxygens (including phenoxy) is 1. The number of nitrogens with two attached hydrogens (primary N) is 1. The van der Waals surface area contributed by atoms with Gasteiger partial charge in [0.1, 0.15) is 16.4 Å². The molecule has 1 aromatic heterocycles. The molecule has 3 aromatic rings. The molecule has 0 atom stereocenters. The smallest absolute Gasteiger partial charge is 0.341 e. The molecule has 0 bridgehead atoms. The highest BCUT2D eigenvalue weighted by molar-refractivity contribution is 7.87. The predicted octanol–water partition coefficient (Wildman–Crippen LogP) is 2.60. The summed E-state index contributed by atoms with van der Waals surface area (Å²) >= 11 is 0. The van der Waals surface area contributed by atoms with Crippen LogP contribution in [0, 0.1) is 10.1 Å². The minimum Gasteiger partial charge on any atom is -0.484 e. The number of Topliss-reactive ketones (excluding diaryl/α,β-unsaturated/α-hetero) is 1. The Labute approximate surface area is 171 Å². The third-order valence-corrected chi connectivity index (χ3v) is 5.17. The number of nitrogen functional groups attached to an aromatic ring is 1. The molecule has 10 nitrogen and oxygen atoms in total. The molecule has 3 rings (SSSR count). The van der Waals surface area contributed by atoms with Crippen molar-refractivity contribution in [2.75, 3.05) is 12.3 Å². The van der Waals surface area contributed by atoms with E-state index in [0.717, 1.165) is 18.2 Å². The lowest BCUT2D eigenvalue weighted by atomic mass is 10.1. The van der Waals surface area contributed by atoms with E-state index in [1.54, 1.807) is 18.3 Å². The number of carbonyl (C=O) groups is 1. The summed E-state index contributed by atoms with van der Waals surface area (Å²) in [6.45, 7) is -0.228. The summed E-state index contributed by atoms with van der Waals surface area (Å²) in [5.74, 6) is 0.00765. The third kappa shape index (κ3) is 4.89. The van der Waals surface area contributed by atoms with Gasteiger partial charge in [-0.25, -0.2) is 0 Å². The number of non-ortho nitro benzene ring substituents is 1. The number of ketones is 1. The first-order valence-corrected chi connectivity index (χ1v) is 9.81. The zero-order valence-corrected chi connectivity index (χ0v) is 16.1. The van der Waals surface area contributed by atoms with E-state index in [9.17, 15) is 23.3 Å². The van der Waals surface area contributed by atoms with Crippen molar-refractivity contribution >= 4 is 27.3 Å². The summed E-state index contributed by atoms with van der Waals surface area (Å²) in [4.78, 5) is 25.7. The maximum absolute atomic E-state index is 12.5. The highest BCUT2D eigenvalue weighted by Gasteiger charge is 2.23. The molecule has 1 heterocycles. The Hall–Kier alpha value is -3.99. The number of hydrogen-bond donors (Lipinski definition) is 1. The van der Waals surface area contributed by atoms with E-state index in [-0.39, 0.29) is 29.4 Å². The number of carbonyl (C=O) groups excluding carboxylic acids is 1. The van der Waals surface area contributed by atoms with Crippen molar-refractivity contribution in [3.63, 3.8) is 0 Å². The van der Waals surface area contributed by atoms with Crippen LogP contribution in [-0.4, -0.2) is 30.7 Å². The summed E-state index contributed by atoms with van der Waals surface area (Å²) in [7, 11) is -4.43. The van der Waals surface area contributed by atoms with Crippen LogP contribution < -0.4 is 14.7 Å². The van der Waals surface area contributed by atoms with Crippen LogP contribution in [0.4, 0.5) is 11.4 Å². The van der Waals surface area contributed by atoms with Crippen LogP contribution in [0.5, 0.6) is 11.5 Å². The van der Waals surface area contributed by atoms with Crippen molar-refractivity contribution in [1.82, 2.24) is 4.98 Å². The molecule has 154 valence electrons. The van der Waals surface area contributed by atoms with Gasteiger partial charge in [-0.15, -0.1) is 0 Å². The minimum atomic E-state index is -4.43. The van der Waals surface area contributed by atoms with Crippen molar-refractivity contribution in [2.45, 2.75) is 4.90 Å². The van der Waals surface area contributed by atoms with E-state index in [1.165, 1.54) is 30.5 Å². The second kappa shape index (κ2) is 8.57. The molecule has 0 amide bonds. The molecular formula is C19H15N3O7S. The summed E-state index contributed by atoms with van der Waals surface area (Å²) in [6, 6.07) is 11.6. The lowest BCUT2D eigenvalue weighted by molar-refractivity contribution is -0.385. The second-order valence-corrected chi connectivity index (χ2v) is 7.46. The van der Waals surface area contributed by atoms with Crippen molar-refractivity contribution in [3.8, 4) is 11.5 Å². The lowest BCUT2D eigenvalue weighted by Crippen LogP contribution is -2.13. The lowest BCUT2D eigenvalue weighted by Gasteiger charge is -2.10. The maximum atomic E-state index is 12.5. The fraction of sp³-hybridized carbons (Fsp3) is 0.0526.